The van der Waals surface area contributed by atoms with Gasteiger partial charge in [0.1, 0.15) is 12.4 Å². The number of carbonyl (C=O) groups is 1. The monoisotopic (exact) mass is 353 g/mol. The second-order valence-corrected chi connectivity index (χ2v) is 5.59. The van der Waals surface area contributed by atoms with E-state index in [0.717, 1.165) is 30.8 Å². The van der Waals surface area contributed by atoms with E-state index < -0.39 is 0 Å². The SMILES string of the molecule is CCNc1ccc(OCCCCOCCOCCOCC(C)=O)cc1. The van der Waals surface area contributed by atoms with Crippen LogP contribution in [0.4, 0.5) is 5.69 Å². The normalized spacial score (nSPS) is 10.6. The van der Waals surface area contributed by atoms with E-state index in [0.29, 0.717) is 39.6 Å². The van der Waals surface area contributed by atoms with Gasteiger partial charge in [0.2, 0.25) is 0 Å². The zero-order valence-electron chi connectivity index (χ0n) is 15.4. The Balaban J connectivity index is 1.85. The van der Waals surface area contributed by atoms with Gasteiger partial charge in [-0.05, 0) is 51.0 Å². The van der Waals surface area contributed by atoms with Crippen LogP contribution in [0.2, 0.25) is 0 Å². The molecule has 6 nitrogen and oxygen atoms in total. The molecule has 0 atom stereocenters. The Labute approximate surface area is 150 Å². The number of rotatable bonds is 16. The zero-order valence-corrected chi connectivity index (χ0v) is 15.4. The third kappa shape index (κ3) is 12.4. The topological polar surface area (TPSA) is 66.0 Å². The highest BCUT2D eigenvalue weighted by Gasteiger charge is 1.96. The van der Waals surface area contributed by atoms with Crippen molar-refractivity contribution in [3.05, 3.63) is 24.3 Å². The van der Waals surface area contributed by atoms with Gasteiger partial charge in [-0.25, -0.2) is 0 Å². The minimum atomic E-state index is 0.0258. The average Bonchev–Trinajstić information content (AvgIpc) is 2.60. The van der Waals surface area contributed by atoms with Gasteiger partial charge in [-0.1, -0.05) is 0 Å². The first-order valence-electron chi connectivity index (χ1n) is 8.91. The molecule has 0 aliphatic heterocycles. The number of Topliss-reactive ketones (excluding diaryl/α,β-unsaturated/α-hetero) is 1. The van der Waals surface area contributed by atoms with Crippen LogP contribution in [0.1, 0.15) is 26.7 Å². The summed E-state index contributed by atoms with van der Waals surface area (Å²) in [7, 11) is 0. The lowest BCUT2D eigenvalue weighted by Gasteiger charge is -2.08. The summed E-state index contributed by atoms with van der Waals surface area (Å²) in [5, 5.41) is 3.25. The van der Waals surface area contributed by atoms with Gasteiger partial charge in [0.25, 0.3) is 0 Å². The van der Waals surface area contributed by atoms with E-state index in [-0.39, 0.29) is 12.4 Å². The second-order valence-electron chi connectivity index (χ2n) is 5.59. The van der Waals surface area contributed by atoms with Crippen LogP contribution in [-0.2, 0) is 19.0 Å². The Morgan fingerprint density at radius 2 is 1.48 bits per heavy atom. The number of unbranched alkanes of at least 4 members (excludes halogenated alkanes) is 1. The molecule has 0 aliphatic carbocycles. The number of hydrogen-bond donors (Lipinski definition) is 1. The van der Waals surface area contributed by atoms with E-state index >= 15 is 0 Å². The predicted molar refractivity (Wildman–Crippen MR) is 98.5 cm³/mol. The average molecular weight is 353 g/mol. The van der Waals surface area contributed by atoms with Crippen molar-refractivity contribution in [3.8, 4) is 5.75 Å². The minimum Gasteiger partial charge on any atom is -0.494 e. The van der Waals surface area contributed by atoms with Crippen molar-refractivity contribution in [2.75, 3.05) is 58.1 Å². The molecule has 0 aromatic heterocycles. The lowest BCUT2D eigenvalue weighted by molar-refractivity contribution is -0.122. The molecule has 0 heterocycles. The third-order valence-corrected chi connectivity index (χ3v) is 3.24. The van der Waals surface area contributed by atoms with Gasteiger partial charge in [-0.3, -0.25) is 4.79 Å². The van der Waals surface area contributed by atoms with Gasteiger partial charge >= 0.3 is 0 Å². The van der Waals surface area contributed by atoms with E-state index in [4.69, 9.17) is 18.9 Å². The van der Waals surface area contributed by atoms with Crippen molar-refractivity contribution >= 4 is 11.5 Å². The molecule has 6 heteroatoms. The molecule has 1 rings (SSSR count). The molecule has 0 fully saturated rings. The fourth-order valence-corrected chi connectivity index (χ4v) is 2.03. The molecule has 1 N–H and O–H groups in total. The summed E-state index contributed by atoms with van der Waals surface area (Å²) in [6.07, 6.45) is 1.91. The Morgan fingerprint density at radius 3 is 2.12 bits per heavy atom. The van der Waals surface area contributed by atoms with Crippen LogP contribution in [0.3, 0.4) is 0 Å². The van der Waals surface area contributed by atoms with Crippen LogP contribution in [-0.4, -0.2) is 58.6 Å². The fraction of sp³-hybridized carbons (Fsp3) is 0.632. The molecular formula is C19H31NO5. The lowest BCUT2D eigenvalue weighted by Crippen LogP contribution is -2.12. The predicted octanol–water partition coefficient (Wildman–Crippen LogP) is 2.92. The number of ether oxygens (including phenoxy) is 4. The standard InChI is InChI=1S/C19H31NO5/c1-3-20-18-6-8-19(9-7-18)25-11-5-4-10-22-12-13-23-14-15-24-16-17(2)21/h6-9,20H,3-5,10-16H2,1-2H3. The molecule has 0 amide bonds. The summed E-state index contributed by atoms with van der Waals surface area (Å²) in [6.45, 7) is 8.06. The fourth-order valence-electron chi connectivity index (χ4n) is 2.03. The number of hydrogen-bond acceptors (Lipinski definition) is 6. The first-order valence-corrected chi connectivity index (χ1v) is 8.91. The number of carbonyl (C=O) groups excluding carboxylic acids is 1. The molecule has 0 bridgehead atoms. The summed E-state index contributed by atoms with van der Waals surface area (Å²) in [5.74, 6) is 0.917. The number of benzene rings is 1. The lowest BCUT2D eigenvalue weighted by atomic mass is 10.3. The van der Waals surface area contributed by atoms with E-state index in [2.05, 4.69) is 12.2 Å². The number of anilines is 1. The number of ketones is 1. The van der Waals surface area contributed by atoms with Gasteiger partial charge in [-0.15, -0.1) is 0 Å². The van der Waals surface area contributed by atoms with Crippen LogP contribution in [0, 0.1) is 0 Å². The molecule has 0 unspecified atom stereocenters. The molecule has 0 aliphatic rings. The molecule has 1 aromatic rings. The van der Waals surface area contributed by atoms with Crippen molar-refractivity contribution in [2.24, 2.45) is 0 Å². The maximum absolute atomic E-state index is 10.6. The maximum atomic E-state index is 10.6. The molecule has 0 radical (unpaired) electrons. The highest BCUT2D eigenvalue weighted by atomic mass is 16.5. The summed E-state index contributed by atoms with van der Waals surface area (Å²) >= 11 is 0. The largest absolute Gasteiger partial charge is 0.494 e. The molecule has 0 spiro atoms. The second kappa shape index (κ2) is 14.7. The smallest absolute Gasteiger partial charge is 0.155 e. The quantitative estimate of drug-likeness (QED) is 0.461. The molecule has 142 valence electrons. The van der Waals surface area contributed by atoms with Crippen LogP contribution in [0.15, 0.2) is 24.3 Å². The minimum absolute atomic E-state index is 0.0258. The van der Waals surface area contributed by atoms with E-state index in [1.165, 1.54) is 6.92 Å². The van der Waals surface area contributed by atoms with Crippen molar-refractivity contribution in [2.45, 2.75) is 26.7 Å². The Hall–Kier alpha value is -1.63. The summed E-state index contributed by atoms with van der Waals surface area (Å²) in [6, 6.07) is 8.00. The van der Waals surface area contributed by atoms with Crippen LogP contribution >= 0.6 is 0 Å². The van der Waals surface area contributed by atoms with E-state index in [1.54, 1.807) is 0 Å². The highest BCUT2D eigenvalue weighted by molar-refractivity contribution is 5.76. The molecule has 0 saturated heterocycles. The van der Waals surface area contributed by atoms with E-state index in [9.17, 15) is 4.79 Å². The van der Waals surface area contributed by atoms with Crippen molar-refractivity contribution in [1.82, 2.24) is 0 Å². The molecule has 25 heavy (non-hydrogen) atoms. The van der Waals surface area contributed by atoms with Crippen molar-refractivity contribution < 1.29 is 23.7 Å². The first-order chi connectivity index (χ1) is 12.2. The summed E-state index contributed by atoms with van der Waals surface area (Å²) < 4.78 is 21.6. The summed E-state index contributed by atoms with van der Waals surface area (Å²) in [4.78, 5) is 10.6. The Bertz CT molecular complexity index is 450. The zero-order chi connectivity index (χ0) is 18.2. The Morgan fingerprint density at radius 1 is 0.880 bits per heavy atom. The van der Waals surface area contributed by atoms with Gasteiger partial charge in [0.15, 0.2) is 5.78 Å². The van der Waals surface area contributed by atoms with Crippen LogP contribution < -0.4 is 10.1 Å². The van der Waals surface area contributed by atoms with Gasteiger partial charge in [0.05, 0.1) is 33.0 Å². The van der Waals surface area contributed by atoms with Crippen molar-refractivity contribution in [3.63, 3.8) is 0 Å². The molecule has 0 saturated carbocycles. The van der Waals surface area contributed by atoms with Gasteiger partial charge in [-0.2, -0.15) is 0 Å². The maximum Gasteiger partial charge on any atom is 0.155 e. The van der Waals surface area contributed by atoms with Crippen LogP contribution in [0.25, 0.3) is 0 Å². The van der Waals surface area contributed by atoms with E-state index in [1.807, 2.05) is 24.3 Å². The van der Waals surface area contributed by atoms with Crippen molar-refractivity contribution in [1.29, 1.82) is 0 Å². The summed E-state index contributed by atoms with van der Waals surface area (Å²) in [5.41, 5.74) is 1.11. The van der Waals surface area contributed by atoms with Gasteiger partial charge < -0.3 is 24.3 Å². The molecular weight excluding hydrogens is 322 g/mol. The third-order valence-electron chi connectivity index (χ3n) is 3.24. The first kappa shape index (κ1) is 21.4. The molecule has 1 aromatic carbocycles. The number of nitrogens with one attached hydrogen (secondary N) is 1. The van der Waals surface area contributed by atoms with Crippen LogP contribution in [0.5, 0.6) is 5.75 Å². The highest BCUT2D eigenvalue weighted by Crippen LogP contribution is 2.15. The Kier molecular flexibility index (Phi) is 12.6. The van der Waals surface area contributed by atoms with Gasteiger partial charge in [0, 0.05) is 18.8 Å².